The van der Waals surface area contributed by atoms with Gasteiger partial charge in [-0.05, 0) is 51.8 Å². The minimum absolute atomic E-state index is 0.277. The lowest BCUT2D eigenvalue weighted by Crippen LogP contribution is -1.99. The van der Waals surface area contributed by atoms with Gasteiger partial charge < -0.3 is 5.73 Å². The van der Waals surface area contributed by atoms with E-state index >= 15 is 0 Å². The van der Waals surface area contributed by atoms with Crippen LogP contribution >= 0.6 is 27.7 Å². The minimum Gasteiger partial charge on any atom is -0.326 e. The molecular weight excluding hydrogens is 320 g/mol. The number of hydrogen-bond donors (Lipinski definition) is 1. The molecule has 0 aromatic heterocycles. The average molecular weight is 330 g/mol. The molecule has 0 saturated carbocycles. The molecule has 0 spiro atoms. The van der Waals surface area contributed by atoms with Gasteiger partial charge in [0, 0.05) is 16.3 Å². The highest BCUT2D eigenvalue weighted by Gasteiger charge is 2.11. The van der Waals surface area contributed by atoms with E-state index in [4.69, 9.17) is 5.73 Å². The number of halogens is 3. The van der Waals surface area contributed by atoms with Crippen molar-refractivity contribution in [2.75, 3.05) is 0 Å². The maximum atomic E-state index is 14.0. The molecule has 18 heavy (non-hydrogen) atoms. The molecule has 0 unspecified atom stereocenters. The highest BCUT2D eigenvalue weighted by molar-refractivity contribution is 9.10. The third-order valence-electron chi connectivity index (χ3n) is 2.39. The standard InChI is InChI=1S/C13H10BrF2NS/c14-12-8(7-17)1-6-11(13(12)16)18-10-4-2-9(15)3-5-10/h1-6H,7,17H2. The average Bonchev–Trinajstić information content (AvgIpc) is 2.38. The lowest BCUT2D eigenvalue weighted by atomic mass is 10.2. The van der Waals surface area contributed by atoms with Gasteiger partial charge in [-0.2, -0.15) is 0 Å². The summed E-state index contributed by atoms with van der Waals surface area (Å²) in [4.78, 5) is 1.26. The molecule has 0 saturated heterocycles. The first-order valence-electron chi connectivity index (χ1n) is 5.22. The molecule has 2 aromatic rings. The van der Waals surface area contributed by atoms with Crippen LogP contribution in [0.25, 0.3) is 0 Å². The van der Waals surface area contributed by atoms with Gasteiger partial charge in [0.25, 0.3) is 0 Å². The lowest BCUT2D eigenvalue weighted by molar-refractivity contribution is 0.592. The molecule has 2 rings (SSSR count). The molecule has 0 heterocycles. The molecule has 1 nitrogen and oxygen atoms in total. The molecule has 0 aliphatic heterocycles. The fourth-order valence-corrected chi connectivity index (χ4v) is 2.93. The van der Waals surface area contributed by atoms with E-state index in [0.717, 1.165) is 10.5 Å². The zero-order valence-corrected chi connectivity index (χ0v) is 11.7. The Morgan fingerprint density at radius 2 is 1.72 bits per heavy atom. The maximum Gasteiger partial charge on any atom is 0.151 e. The second kappa shape index (κ2) is 5.82. The van der Waals surface area contributed by atoms with Crippen molar-refractivity contribution >= 4 is 27.7 Å². The van der Waals surface area contributed by atoms with Crippen molar-refractivity contribution in [2.45, 2.75) is 16.3 Å². The van der Waals surface area contributed by atoms with Crippen LogP contribution in [0.15, 0.2) is 50.7 Å². The van der Waals surface area contributed by atoms with Crippen LogP contribution < -0.4 is 5.73 Å². The Morgan fingerprint density at radius 1 is 1.06 bits per heavy atom. The van der Waals surface area contributed by atoms with Crippen LogP contribution in [-0.2, 0) is 6.54 Å². The van der Waals surface area contributed by atoms with Crippen LogP contribution in [0.5, 0.6) is 0 Å². The predicted molar refractivity (Wildman–Crippen MR) is 72.5 cm³/mol. The first-order valence-corrected chi connectivity index (χ1v) is 6.83. The van der Waals surface area contributed by atoms with E-state index in [0.29, 0.717) is 9.37 Å². The van der Waals surface area contributed by atoms with Gasteiger partial charge in [-0.15, -0.1) is 0 Å². The van der Waals surface area contributed by atoms with Crippen molar-refractivity contribution in [3.05, 3.63) is 58.1 Å². The summed E-state index contributed by atoms with van der Waals surface area (Å²) in [5, 5.41) is 0. The maximum absolute atomic E-state index is 14.0. The zero-order chi connectivity index (χ0) is 13.1. The van der Waals surface area contributed by atoms with Crippen LogP contribution in [0.1, 0.15) is 5.56 Å². The van der Waals surface area contributed by atoms with E-state index in [9.17, 15) is 8.78 Å². The Bertz CT molecular complexity index is 558. The van der Waals surface area contributed by atoms with Crippen molar-refractivity contribution in [3.8, 4) is 0 Å². The molecule has 0 aliphatic rings. The Balaban J connectivity index is 2.29. The van der Waals surface area contributed by atoms with Crippen LogP contribution in [0.3, 0.4) is 0 Å². The van der Waals surface area contributed by atoms with E-state index < -0.39 is 0 Å². The quantitative estimate of drug-likeness (QED) is 0.906. The second-order valence-corrected chi connectivity index (χ2v) is 5.52. The molecule has 94 valence electrons. The zero-order valence-electron chi connectivity index (χ0n) is 9.29. The van der Waals surface area contributed by atoms with Gasteiger partial charge in [-0.1, -0.05) is 17.8 Å². The van der Waals surface area contributed by atoms with Gasteiger partial charge in [0.1, 0.15) is 5.82 Å². The van der Waals surface area contributed by atoms with Gasteiger partial charge in [0.2, 0.25) is 0 Å². The Hall–Kier alpha value is -0.910. The fourth-order valence-electron chi connectivity index (χ4n) is 1.44. The molecule has 0 atom stereocenters. The number of hydrogen-bond acceptors (Lipinski definition) is 2. The molecule has 2 N–H and O–H groups in total. The second-order valence-electron chi connectivity index (χ2n) is 3.61. The molecule has 0 radical (unpaired) electrons. The number of benzene rings is 2. The Labute approximate surface area is 117 Å². The first-order chi connectivity index (χ1) is 8.61. The lowest BCUT2D eigenvalue weighted by Gasteiger charge is -2.08. The summed E-state index contributed by atoms with van der Waals surface area (Å²) in [6.07, 6.45) is 0. The van der Waals surface area contributed by atoms with E-state index in [-0.39, 0.29) is 18.2 Å². The molecule has 0 aliphatic carbocycles. The van der Waals surface area contributed by atoms with Crippen LogP contribution in [0, 0.1) is 11.6 Å². The monoisotopic (exact) mass is 329 g/mol. The number of rotatable bonds is 3. The van der Waals surface area contributed by atoms with Crippen molar-refractivity contribution in [2.24, 2.45) is 5.73 Å². The van der Waals surface area contributed by atoms with Crippen LogP contribution in [0.4, 0.5) is 8.78 Å². The van der Waals surface area contributed by atoms with Gasteiger partial charge in [-0.25, -0.2) is 8.78 Å². The number of nitrogens with two attached hydrogens (primary N) is 1. The van der Waals surface area contributed by atoms with Gasteiger partial charge >= 0.3 is 0 Å². The largest absolute Gasteiger partial charge is 0.326 e. The van der Waals surface area contributed by atoms with Crippen LogP contribution in [-0.4, -0.2) is 0 Å². The summed E-state index contributed by atoms with van der Waals surface area (Å²) < 4.78 is 27.2. The SMILES string of the molecule is NCc1ccc(Sc2ccc(F)cc2)c(F)c1Br. The molecule has 5 heteroatoms. The van der Waals surface area contributed by atoms with Crippen molar-refractivity contribution in [1.29, 1.82) is 0 Å². The normalized spacial score (nSPS) is 10.7. The van der Waals surface area contributed by atoms with Crippen molar-refractivity contribution in [1.82, 2.24) is 0 Å². The summed E-state index contributed by atoms with van der Waals surface area (Å²) >= 11 is 4.43. The highest BCUT2D eigenvalue weighted by atomic mass is 79.9. The smallest absolute Gasteiger partial charge is 0.151 e. The van der Waals surface area contributed by atoms with Crippen molar-refractivity contribution < 1.29 is 8.78 Å². The Morgan fingerprint density at radius 3 is 2.33 bits per heavy atom. The first kappa shape index (κ1) is 13.5. The molecule has 0 fully saturated rings. The van der Waals surface area contributed by atoms with E-state index in [2.05, 4.69) is 15.9 Å². The van der Waals surface area contributed by atoms with Gasteiger partial charge in [-0.3, -0.25) is 0 Å². The van der Waals surface area contributed by atoms with Crippen molar-refractivity contribution in [3.63, 3.8) is 0 Å². The third-order valence-corrected chi connectivity index (χ3v) is 4.29. The third kappa shape index (κ3) is 2.91. The molecule has 2 aromatic carbocycles. The molecule has 0 amide bonds. The topological polar surface area (TPSA) is 26.0 Å². The summed E-state index contributed by atoms with van der Waals surface area (Å²) in [6, 6.07) is 9.39. The van der Waals surface area contributed by atoms with E-state index in [1.165, 1.54) is 23.9 Å². The highest BCUT2D eigenvalue weighted by Crippen LogP contribution is 2.34. The van der Waals surface area contributed by atoms with E-state index in [1.807, 2.05) is 0 Å². The van der Waals surface area contributed by atoms with Crippen LogP contribution in [0.2, 0.25) is 0 Å². The predicted octanol–water partition coefficient (Wildman–Crippen LogP) is 4.34. The summed E-state index contributed by atoms with van der Waals surface area (Å²) in [6.45, 7) is 0.277. The van der Waals surface area contributed by atoms with E-state index in [1.54, 1.807) is 24.3 Å². The minimum atomic E-state index is -0.340. The fraction of sp³-hybridized carbons (Fsp3) is 0.0769. The molecular formula is C13H10BrF2NS. The molecule has 0 bridgehead atoms. The summed E-state index contributed by atoms with van der Waals surface area (Å²) in [5.41, 5.74) is 6.21. The van der Waals surface area contributed by atoms with Gasteiger partial charge in [0.15, 0.2) is 5.82 Å². The summed E-state index contributed by atoms with van der Waals surface area (Å²) in [5.74, 6) is -0.647. The Kier molecular flexibility index (Phi) is 4.37. The summed E-state index contributed by atoms with van der Waals surface area (Å²) in [7, 11) is 0. The van der Waals surface area contributed by atoms with Gasteiger partial charge in [0.05, 0.1) is 4.47 Å².